The number of benzene rings is 3. The van der Waals surface area contributed by atoms with Gasteiger partial charge in [-0.3, -0.25) is 14.4 Å². The molecule has 0 saturated carbocycles. The van der Waals surface area contributed by atoms with E-state index < -0.39 is 18.0 Å². The van der Waals surface area contributed by atoms with Gasteiger partial charge in [0.15, 0.2) is 6.10 Å². The summed E-state index contributed by atoms with van der Waals surface area (Å²) in [5.41, 5.74) is 3.35. The maximum absolute atomic E-state index is 12.9. The second kappa shape index (κ2) is 11.8. The smallest absolute Gasteiger partial charge is 0.312 e. The number of aryl methyl sites for hydroxylation is 2. The Labute approximate surface area is 226 Å². The van der Waals surface area contributed by atoms with Gasteiger partial charge in [0.1, 0.15) is 11.5 Å². The number of anilines is 1. The lowest BCUT2D eigenvalue weighted by atomic mass is 10.0. The Kier molecular flexibility index (Phi) is 8.52. The van der Waals surface area contributed by atoms with Crippen LogP contribution >= 0.6 is 23.2 Å². The van der Waals surface area contributed by atoms with Crippen LogP contribution in [0.1, 0.15) is 34.3 Å². The number of alkyl halides is 1. The van der Waals surface area contributed by atoms with Gasteiger partial charge in [0, 0.05) is 41.5 Å². The number of hydrogen-bond donors (Lipinski definition) is 0. The third-order valence-corrected chi connectivity index (χ3v) is 6.84. The molecular weight excluding hydrogens is 513 g/mol. The van der Waals surface area contributed by atoms with E-state index in [9.17, 15) is 14.4 Å². The van der Waals surface area contributed by atoms with E-state index in [-0.39, 0.29) is 37.0 Å². The molecule has 0 unspecified atom stereocenters. The van der Waals surface area contributed by atoms with Crippen LogP contribution in [0, 0.1) is 19.8 Å². The van der Waals surface area contributed by atoms with Crippen molar-refractivity contribution >= 4 is 46.5 Å². The number of halogens is 2. The lowest BCUT2D eigenvalue weighted by Crippen LogP contribution is -2.32. The SMILES string of the molecule is Cc1ccc(Oc2ccc(N3C[C@@H](C(=O)O[C@H](CCCl)C(=O)c4ccc(Cl)cc4)CC3=O)cc2)cc1C. The maximum atomic E-state index is 12.9. The number of amides is 1. The minimum absolute atomic E-state index is 0.00244. The first-order valence-corrected chi connectivity index (χ1v) is 12.9. The highest BCUT2D eigenvalue weighted by atomic mass is 35.5. The predicted molar refractivity (Wildman–Crippen MR) is 144 cm³/mol. The highest BCUT2D eigenvalue weighted by Gasteiger charge is 2.38. The van der Waals surface area contributed by atoms with Crippen LogP contribution in [0.25, 0.3) is 0 Å². The van der Waals surface area contributed by atoms with E-state index in [0.29, 0.717) is 22.0 Å². The van der Waals surface area contributed by atoms with E-state index in [1.165, 1.54) is 5.56 Å². The number of nitrogens with zero attached hydrogens (tertiary/aromatic N) is 1. The molecule has 1 heterocycles. The number of carbonyl (C=O) groups excluding carboxylic acids is 3. The quantitative estimate of drug-likeness (QED) is 0.175. The zero-order valence-electron chi connectivity index (χ0n) is 20.6. The molecule has 192 valence electrons. The maximum Gasteiger partial charge on any atom is 0.312 e. The van der Waals surface area contributed by atoms with Gasteiger partial charge < -0.3 is 14.4 Å². The van der Waals surface area contributed by atoms with Crippen LogP contribution in [0.3, 0.4) is 0 Å². The lowest BCUT2D eigenvalue weighted by molar-refractivity contribution is -0.151. The number of Topliss-reactive ketones (excluding diaryl/α,β-unsaturated/α-hetero) is 1. The van der Waals surface area contributed by atoms with Crippen LogP contribution < -0.4 is 9.64 Å². The zero-order valence-corrected chi connectivity index (χ0v) is 22.1. The second-order valence-electron chi connectivity index (χ2n) is 9.02. The van der Waals surface area contributed by atoms with Crippen molar-refractivity contribution in [3.8, 4) is 11.5 Å². The summed E-state index contributed by atoms with van der Waals surface area (Å²) in [6.07, 6.45) is -0.860. The first kappa shape index (κ1) is 26.7. The van der Waals surface area contributed by atoms with Gasteiger partial charge in [0.05, 0.1) is 5.92 Å². The molecule has 0 radical (unpaired) electrons. The van der Waals surface area contributed by atoms with Gasteiger partial charge in [0.25, 0.3) is 0 Å². The van der Waals surface area contributed by atoms with Crippen LogP contribution in [0.4, 0.5) is 5.69 Å². The predicted octanol–water partition coefficient (Wildman–Crippen LogP) is 6.53. The molecule has 6 nitrogen and oxygen atoms in total. The van der Waals surface area contributed by atoms with Crippen molar-refractivity contribution in [2.75, 3.05) is 17.3 Å². The minimum atomic E-state index is -1.03. The Morgan fingerprint density at radius 2 is 1.65 bits per heavy atom. The Hall–Kier alpha value is -3.35. The van der Waals surface area contributed by atoms with Gasteiger partial charge in [-0.1, -0.05) is 17.7 Å². The van der Waals surface area contributed by atoms with E-state index in [1.807, 2.05) is 32.0 Å². The first-order valence-electron chi connectivity index (χ1n) is 12.0. The normalized spacial score (nSPS) is 15.9. The molecular formula is C29H27Cl2NO5. The summed E-state index contributed by atoms with van der Waals surface area (Å²) >= 11 is 11.8. The third-order valence-electron chi connectivity index (χ3n) is 6.37. The van der Waals surface area contributed by atoms with Crippen LogP contribution in [0.2, 0.25) is 5.02 Å². The molecule has 4 rings (SSSR count). The Morgan fingerprint density at radius 3 is 2.30 bits per heavy atom. The largest absolute Gasteiger partial charge is 0.457 e. The van der Waals surface area contributed by atoms with E-state index in [0.717, 1.165) is 11.3 Å². The van der Waals surface area contributed by atoms with E-state index in [2.05, 4.69) is 0 Å². The van der Waals surface area contributed by atoms with Gasteiger partial charge in [-0.2, -0.15) is 0 Å². The summed E-state index contributed by atoms with van der Waals surface area (Å²) in [5.74, 6) is -0.315. The zero-order chi connectivity index (χ0) is 26.5. The van der Waals surface area contributed by atoms with Gasteiger partial charge >= 0.3 is 5.97 Å². The molecule has 0 N–H and O–H groups in total. The average molecular weight is 540 g/mol. The molecule has 0 aromatic heterocycles. The highest BCUT2D eigenvalue weighted by molar-refractivity contribution is 6.30. The van der Waals surface area contributed by atoms with Gasteiger partial charge in [-0.15, -0.1) is 11.6 Å². The van der Waals surface area contributed by atoms with Crippen molar-refractivity contribution < 1.29 is 23.9 Å². The van der Waals surface area contributed by atoms with Crippen molar-refractivity contribution in [1.29, 1.82) is 0 Å². The van der Waals surface area contributed by atoms with Crippen molar-refractivity contribution in [3.05, 3.63) is 88.4 Å². The van der Waals surface area contributed by atoms with E-state index >= 15 is 0 Å². The fraction of sp³-hybridized carbons (Fsp3) is 0.276. The molecule has 1 amide bonds. The average Bonchev–Trinajstić information content (AvgIpc) is 3.28. The number of rotatable bonds is 9. The molecule has 1 aliphatic heterocycles. The molecule has 0 aliphatic carbocycles. The summed E-state index contributed by atoms with van der Waals surface area (Å²) < 4.78 is 11.5. The number of hydrogen-bond acceptors (Lipinski definition) is 5. The van der Waals surface area contributed by atoms with Crippen molar-refractivity contribution in [2.45, 2.75) is 32.8 Å². The fourth-order valence-electron chi connectivity index (χ4n) is 4.10. The number of esters is 1. The van der Waals surface area contributed by atoms with E-state index in [1.54, 1.807) is 53.4 Å². The van der Waals surface area contributed by atoms with Crippen molar-refractivity contribution in [1.82, 2.24) is 0 Å². The lowest BCUT2D eigenvalue weighted by Gasteiger charge is -2.19. The molecule has 1 fully saturated rings. The highest BCUT2D eigenvalue weighted by Crippen LogP contribution is 2.30. The van der Waals surface area contributed by atoms with Crippen molar-refractivity contribution in [2.24, 2.45) is 5.92 Å². The Morgan fingerprint density at radius 1 is 0.973 bits per heavy atom. The van der Waals surface area contributed by atoms with E-state index in [4.69, 9.17) is 32.7 Å². The standard InChI is InChI=1S/C29H27Cl2NO5/c1-18-3-10-25(15-19(18)2)36-24-11-8-23(9-12-24)32-17-21(16-27(32)33)29(35)37-26(13-14-30)28(34)20-4-6-22(31)7-5-20/h3-12,15,21,26H,13-14,16-17H2,1-2H3/t21-,26+/m0/s1. The molecule has 8 heteroatoms. The molecule has 0 bridgehead atoms. The minimum Gasteiger partial charge on any atom is -0.457 e. The fourth-order valence-corrected chi connectivity index (χ4v) is 4.43. The molecule has 2 atom stereocenters. The monoisotopic (exact) mass is 539 g/mol. The van der Waals surface area contributed by atoms with Crippen LogP contribution in [-0.2, 0) is 14.3 Å². The third kappa shape index (κ3) is 6.51. The number of carbonyl (C=O) groups is 3. The Balaban J connectivity index is 1.39. The second-order valence-corrected chi connectivity index (χ2v) is 9.84. The van der Waals surface area contributed by atoms with Gasteiger partial charge in [-0.05, 0) is 85.6 Å². The first-order chi connectivity index (χ1) is 17.7. The molecule has 0 spiro atoms. The summed E-state index contributed by atoms with van der Waals surface area (Å²) in [6, 6.07) is 19.4. The number of ketones is 1. The molecule has 37 heavy (non-hydrogen) atoms. The topological polar surface area (TPSA) is 72.9 Å². The van der Waals surface area contributed by atoms with Gasteiger partial charge in [-0.25, -0.2) is 0 Å². The number of ether oxygens (including phenoxy) is 2. The van der Waals surface area contributed by atoms with Crippen LogP contribution in [0.5, 0.6) is 11.5 Å². The van der Waals surface area contributed by atoms with Crippen molar-refractivity contribution in [3.63, 3.8) is 0 Å². The summed E-state index contributed by atoms with van der Waals surface area (Å²) in [4.78, 5) is 40.1. The molecule has 3 aromatic rings. The van der Waals surface area contributed by atoms with Gasteiger partial charge in [0.2, 0.25) is 11.7 Å². The molecule has 3 aromatic carbocycles. The summed E-state index contributed by atoms with van der Waals surface area (Å²) in [7, 11) is 0. The Bertz CT molecular complexity index is 1290. The van der Waals surface area contributed by atoms with Crippen LogP contribution in [-0.4, -0.2) is 36.2 Å². The molecule has 1 aliphatic rings. The van der Waals surface area contributed by atoms with Crippen LogP contribution in [0.15, 0.2) is 66.7 Å². The molecule has 1 saturated heterocycles. The summed E-state index contributed by atoms with van der Waals surface area (Å²) in [5, 5.41) is 0.497. The summed E-state index contributed by atoms with van der Waals surface area (Å²) in [6.45, 7) is 4.23.